The molecule has 0 saturated carbocycles. The molecule has 0 bridgehead atoms. The first-order valence-electron chi connectivity index (χ1n) is 8.41. The number of benzene rings is 1. The number of nitrogens with zero attached hydrogens (tertiary/aromatic N) is 2. The van der Waals surface area contributed by atoms with Gasteiger partial charge in [0.15, 0.2) is 4.77 Å². The van der Waals surface area contributed by atoms with Crippen molar-refractivity contribution in [3.05, 3.63) is 50.8 Å². The Morgan fingerprint density at radius 3 is 2.62 bits per heavy atom. The Balaban J connectivity index is 2.23. The van der Waals surface area contributed by atoms with Crippen molar-refractivity contribution in [2.45, 2.75) is 13.8 Å². The highest BCUT2D eigenvalue weighted by Crippen LogP contribution is 2.18. The highest BCUT2D eigenvalue weighted by atomic mass is 32.1. The van der Waals surface area contributed by atoms with Gasteiger partial charge in [0, 0.05) is 0 Å². The van der Waals surface area contributed by atoms with E-state index in [0.29, 0.717) is 12.2 Å². The van der Waals surface area contributed by atoms with Crippen LogP contribution in [0.1, 0.15) is 19.4 Å². The number of nitrogens with one attached hydrogen (secondary N) is 3. The molecule has 7 nitrogen and oxygen atoms in total. The van der Waals surface area contributed by atoms with Crippen LogP contribution in [0, 0.1) is 10.6 Å². The first kappa shape index (κ1) is 19.8. The summed E-state index contributed by atoms with van der Waals surface area (Å²) in [5, 5.41) is 14.5. The average molecular weight is 380 g/mol. The van der Waals surface area contributed by atoms with Crippen LogP contribution in [0.15, 0.2) is 34.2 Å². The quantitative estimate of drug-likeness (QED) is 0.234. The van der Waals surface area contributed by atoms with Crippen molar-refractivity contribution in [3.8, 4) is 11.6 Å². The van der Waals surface area contributed by atoms with Gasteiger partial charge < -0.3 is 15.4 Å². The van der Waals surface area contributed by atoms with Gasteiger partial charge in [-0.1, -0.05) is 0 Å². The summed E-state index contributed by atoms with van der Waals surface area (Å²) in [5.41, 5.74) is 2.71. The average Bonchev–Trinajstić information content (AvgIpc) is 2.62. The molecule has 0 spiro atoms. The topological polar surface area (TPSA) is 86.8 Å². The van der Waals surface area contributed by atoms with E-state index in [1.807, 2.05) is 0 Å². The van der Waals surface area contributed by atoms with Crippen LogP contribution in [-0.2, 0) is 0 Å². The first-order chi connectivity index (χ1) is 12.5. The number of aromatic nitrogens is 2. The number of aromatic hydroxyl groups is 1. The minimum Gasteiger partial charge on any atom is -0.494 e. The Morgan fingerprint density at radius 2 is 2.00 bits per heavy atom. The molecule has 0 aliphatic heterocycles. The summed E-state index contributed by atoms with van der Waals surface area (Å²) in [6.07, 6.45) is 1.25. The fourth-order valence-corrected chi connectivity index (χ4v) is 2.78. The Kier molecular flexibility index (Phi) is 7.05. The predicted octanol–water partition coefficient (Wildman–Crippen LogP) is 0.588. The number of aromatic amines is 1. The van der Waals surface area contributed by atoms with E-state index < -0.39 is 11.4 Å². The van der Waals surface area contributed by atoms with Crippen LogP contribution in [0.3, 0.4) is 0 Å². The molecule has 0 aliphatic rings. The maximum atomic E-state index is 13.1. The van der Waals surface area contributed by atoms with Crippen LogP contribution in [0.2, 0.25) is 0 Å². The number of quaternary nitrogens is 1. The van der Waals surface area contributed by atoms with Crippen molar-refractivity contribution in [1.82, 2.24) is 15.0 Å². The molecule has 0 fully saturated rings. The van der Waals surface area contributed by atoms with Crippen molar-refractivity contribution in [3.63, 3.8) is 0 Å². The molecular formula is C17H23FN5O2S+. The highest BCUT2D eigenvalue weighted by molar-refractivity contribution is 7.71. The van der Waals surface area contributed by atoms with Crippen LogP contribution in [0.5, 0.6) is 5.88 Å². The molecule has 26 heavy (non-hydrogen) atoms. The van der Waals surface area contributed by atoms with Crippen molar-refractivity contribution >= 4 is 18.4 Å². The van der Waals surface area contributed by atoms with Crippen LogP contribution in [0.4, 0.5) is 4.39 Å². The SMILES string of the molecule is CC[NH+](CC)CCN/N=C/c1c(O)n(-c2ccc(F)cc2)c(=S)[nH]c1=O. The molecule has 0 amide bonds. The summed E-state index contributed by atoms with van der Waals surface area (Å²) < 4.78 is 14.4. The van der Waals surface area contributed by atoms with Gasteiger partial charge in [-0.25, -0.2) is 4.39 Å². The minimum atomic E-state index is -0.550. The zero-order chi connectivity index (χ0) is 19.1. The van der Waals surface area contributed by atoms with Gasteiger partial charge in [0.2, 0.25) is 5.88 Å². The van der Waals surface area contributed by atoms with E-state index in [0.717, 1.165) is 19.6 Å². The van der Waals surface area contributed by atoms with E-state index >= 15 is 0 Å². The third-order valence-corrected chi connectivity index (χ3v) is 4.37. The molecule has 140 valence electrons. The lowest BCUT2D eigenvalue weighted by molar-refractivity contribution is -0.895. The molecule has 1 aromatic heterocycles. The molecule has 1 aromatic carbocycles. The Hall–Kier alpha value is -2.52. The summed E-state index contributed by atoms with van der Waals surface area (Å²) in [6.45, 7) is 7.83. The molecule has 2 rings (SSSR count). The van der Waals surface area contributed by atoms with E-state index in [9.17, 15) is 14.3 Å². The number of hydrazone groups is 1. The predicted molar refractivity (Wildman–Crippen MR) is 101 cm³/mol. The maximum absolute atomic E-state index is 13.1. The summed E-state index contributed by atoms with van der Waals surface area (Å²) >= 11 is 5.10. The van der Waals surface area contributed by atoms with Gasteiger partial charge in [0.1, 0.15) is 11.4 Å². The van der Waals surface area contributed by atoms with Crippen molar-refractivity contribution in [2.24, 2.45) is 5.10 Å². The Labute approximate surface area is 155 Å². The first-order valence-corrected chi connectivity index (χ1v) is 8.82. The molecule has 9 heteroatoms. The van der Waals surface area contributed by atoms with Gasteiger partial charge >= 0.3 is 0 Å². The Morgan fingerprint density at radius 1 is 1.35 bits per heavy atom. The third kappa shape index (κ3) is 4.77. The normalized spacial score (nSPS) is 11.4. The van der Waals surface area contributed by atoms with Crippen LogP contribution in [-0.4, -0.2) is 47.1 Å². The van der Waals surface area contributed by atoms with Crippen LogP contribution in [0.25, 0.3) is 5.69 Å². The van der Waals surface area contributed by atoms with Gasteiger partial charge in [-0.15, -0.1) is 0 Å². The van der Waals surface area contributed by atoms with Gasteiger partial charge in [-0.05, 0) is 50.3 Å². The molecule has 0 saturated heterocycles. The number of hydrogen-bond donors (Lipinski definition) is 4. The van der Waals surface area contributed by atoms with Crippen LogP contribution < -0.4 is 15.9 Å². The fraction of sp³-hybridized carbons (Fsp3) is 0.353. The molecule has 2 aromatic rings. The lowest BCUT2D eigenvalue weighted by Gasteiger charge is -2.14. The summed E-state index contributed by atoms with van der Waals surface area (Å²) in [6, 6.07) is 5.39. The van der Waals surface area contributed by atoms with Gasteiger partial charge in [0.05, 0.1) is 38.1 Å². The second-order valence-electron chi connectivity index (χ2n) is 5.68. The van der Waals surface area contributed by atoms with Crippen molar-refractivity contribution < 1.29 is 14.4 Å². The van der Waals surface area contributed by atoms with E-state index in [1.165, 1.54) is 39.9 Å². The molecular weight excluding hydrogens is 357 g/mol. The van der Waals surface area contributed by atoms with Crippen molar-refractivity contribution in [2.75, 3.05) is 26.2 Å². The zero-order valence-corrected chi connectivity index (χ0v) is 15.6. The number of H-pyrrole nitrogens is 1. The molecule has 0 unspecified atom stereocenters. The second kappa shape index (κ2) is 9.25. The summed E-state index contributed by atoms with van der Waals surface area (Å²) in [4.78, 5) is 16.0. The molecule has 0 aliphatic carbocycles. The number of halogens is 1. The molecule has 0 radical (unpaired) electrons. The summed E-state index contributed by atoms with van der Waals surface area (Å²) in [7, 11) is 0. The molecule has 4 N–H and O–H groups in total. The smallest absolute Gasteiger partial charge is 0.264 e. The Bertz CT molecular complexity index is 872. The monoisotopic (exact) mass is 380 g/mol. The second-order valence-corrected chi connectivity index (χ2v) is 6.07. The van der Waals surface area contributed by atoms with Gasteiger partial charge in [-0.2, -0.15) is 5.10 Å². The zero-order valence-electron chi connectivity index (χ0n) is 14.8. The maximum Gasteiger partial charge on any atom is 0.264 e. The highest BCUT2D eigenvalue weighted by Gasteiger charge is 2.12. The van der Waals surface area contributed by atoms with E-state index in [-0.39, 0.29) is 16.2 Å². The van der Waals surface area contributed by atoms with Gasteiger partial charge in [-0.3, -0.25) is 14.3 Å². The lowest BCUT2D eigenvalue weighted by atomic mass is 10.3. The molecule has 0 atom stereocenters. The van der Waals surface area contributed by atoms with Gasteiger partial charge in [0.25, 0.3) is 5.56 Å². The van der Waals surface area contributed by atoms with E-state index in [2.05, 4.69) is 29.4 Å². The van der Waals surface area contributed by atoms with Crippen LogP contribution >= 0.6 is 12.2 Å². The fourth-order valence-electron chi connectivity index (χ4n) is 2.50. The minimum absolute atomic E-state index is 0.00866. The largest absolute Gasteiger partial charge is 0.494 e. The van der Waals surface area contributed by atoms with Crippen molar-refractivity contribution in [1.29, 1.82) is 0 Å². The number of hydrogen-bond acceptors (Lipinski definition) is 5. The van der Waals surface area contributed by atoms with E-state index in [4.69, 9.17) is 12.2 Å². The molecule has 1 heterocycles. The number of rotatable bonds is 8. The van der Waals surface area contributed by atoms with E-state index in [1.54, 1.807) is 0 Å². The summed E-state index contributed by atoms with van der Waals surface area (Å²) in [5.74, 6) is -0.768. The third-order valence-electron chi connectivity index (χ3n) is 4.08. The lowest BCUT2D eigenvalue weighted by Crippen LogP contribution is -3.12. The number of likely N-dealkylation sites (N-methyl/N-ethyl adjacent to an activating group) is 1. The standard InChI is InChI=1S/C17H22FN5O2S/c1-3-22(4-2)10-9-19-20-11-14-15(24)21-17(26)23(16(14)25)13-7-5-12(18)6-8-13/h5-8,11,19,25H,3-4,9-10H2,1-2H3,(H,21,24,26)/p+1/b20-11+.